The van der Waals surface area contributed by atoms with Gasteiger partial charge in [0, 0.05) is 17.2 Å². The van der Waals surface area contributed by atoms with Crippen LogP contribution in [0.1, 0.15) is 53.9 Å². The van der Waals surface area contributed by atoms with Crippen molar-refractivity contribution in [2.24, 2.45) is 0 Å². The summed E-state index contributed by atoms with van der Waals surface area (Å²) in [6, 6.07) is 22.2. The van der Waals surface area contributed by atoms with Gasteiger partial charge in [0.05, 0.1) is 0 Å². The van der Waals surface area contributed by atoms with Crippen LogP contribution >= 0.6 is 0 Å². The van der Waals surface area contributed by atoms with E-state index in [1.54, 1.807) is 0 Å². The van der Waals surface area contributed by atoms with E-state index in [4.69, 9.17) is 4.52 Å². The van der Waals surface area contributed by atoms with E-state index in [-0.39, 0.29) is 11.9 Å². The van der Waals surface area contributed by atoms with Crippen molar-refractivity contribution >= 4 is 16.7 Å². The first-order valence-corrected chi connectivity index (χ1v) is 11.4. The van der Waals surface area contributed by atoms with E-state index < -0.39 is 0 Å². The third-order valence-corrected chi connectivity index (χ3v) is 6.38. The summed E-state index contributed by atoms with van der Waals surface area (Å²) >= 11 is 0. The predicted octanol–water partition coefficient (Wildman–Crippen LogP) is 6.17. The van der Waals surface area contributed by atoms with E-state index >= 15 is 0 Å². The Morgan fingerprint density at radius 1 is 0.969 bits per heavy atom. The van der Waals surface area contributed by atoms with E-state index in [0.717, 1.165) is 47.6 Å². The van der Waals surface area contributed by atoms with Crippen molar-refractivity contribution in [3.8, 4) is 11.4 Å². The number of carbonyl (C=O) groups excluding carboxylic acids is 1. The molecule has 0 saturated heterocycles. The fourth-order valence-electron chi connectivity index (χ4n) is 4.61. The van der Waals surface area contributed by atoms with E-state index in [0.29, 0.717) is 18.3 Å². The number of rotatable bonds is 5. The lowest BCUT2D eigenvalue weighted by atomic mass is 9.93. The maximum absolute atomic E-state index is 13.8. The Morgan fingerprint density at radius 2 is 1.72 bits per heavy atom. The van der Waals surface area contributed by atoms with Crippen molar-refractivity contribution in [1.82, 2.24) is 15.0 Å². The zero-order chi connectivity index (χ0) is 21.9. The van der Waals surface area contributed by atoms with Crippen molar-refractivity contribution in [3.05, 3.63) is 83.7 Å². The van der Waals surface area contributed by atoms with Crippen LogP contribution < -0.4 is 0 Å². The third kappa shape index (κ3) is 4.15. The zero-order valence-electron chi connectivity index (χ0n) is 18.3. The van der Waals surface area contributed by atoms with E-state index in [1.165, 1.54) is 12.0 Å². The van der Waals surface area contributed by atoms with Crippen molar-refractivity contribution in [2.45, 2.75) is 51.6 Å². The molecule has 5 heteroatoms. The number of amides is 1. The summed E-state index contributed by atoms with van der Waals surface area (Å²) < 4.78 is 5.59. The van der Waals surface area contributed by atoms with Gasteiger partial charge in [-0.05, 0) is 36.6 Å². The number of hydrogen-bond acceptors (Lipinski definition) is 4. The minimum Gasteiger partial charge on any atom is -0.337 e. The summed E-state index contributed by atoms with van der Waals surface area (Å²) in [5, 5.41) is 6.22. The van der Waals surface area contributed by atoms with Gasteiger partial charge in [-0.15, -0.1) is 0 Å². The maximum atomic E-state index is 13.8. The highest BCUT2D eigenvalue weighted by Gasteiger charge is 2.29. The molecule has 1 aliphatic carbocycles. The van der Waals surface area contributed by atoms with Gasteiger partial charge in [0.1, 0.15) is 6.54 Å². The van der Waals surface area contributed by atoms with E-state index in [1.807, 2.05) is 78.6 Å². The lowest BCUT2D eigenvalue weighted by Gasteiger charge is -2.33. The molecule has 1 amide bonds. The molecule has 0 aliphatic heterocycles. The van der Waals surface area contributed by atoms with Gasteiger partial charge >= 0.3 is 0 Å². The standard InChI is InChI=1S/C27H27N3O2/c1-19-14-16-21(17-15-19)26-28-25(32-29-26)18-30(22-10-3-2-4-11-22)27(31)24-13-7-9-20-8-5-6-12-23(20)24/h5-9,12-17,22H,2-4,10-11,18H2,1H3. The molecule has 3 aromatic carbocycles. The smallest absolute Gasteiger partial charge is 0.255 e. The molecular formula is C27H27N3O2. The lowest BCUT2D eigenvalue weighted by Crippen LogP contribution is -2.41. The topological polar surface area (TPSA) is 59.2 Å². The highest BCUT2D eigenvalue weighted by molar-refractivity contribution is 6.07. The molecule has 0 unspecified atom stereocenters. The number of fused-ring (bicyclic) bond motifs is 1. The quantitative estimate of drug-likeness (QED) is 0.383. The molecular weight excluding hydrogens is 398 g/mol. The summed E-state index contributed by atoms with van der Waals surface area (Å²) in [4.78, 5) is 20.4. The molecule has 32 heavy (non-hydrogen) atoms. The second-order valence-corrected chi connectivity index (χ2v) is 8.63. The zero-order valence-corrected chi connectivity index (χ0v) is 18.3. The van der Waals surface area contributed by atoms with Gasteiger partial charge in [0.25, 0.3) is 5.91 Å². The van der Waals surface area contributed by atoms with Crippen molar-refractivity contribution in [2.75, 3.05) is 0 Å². The SMILES string of the molecule is Cc1ccc(-c2noc(CN(C(=O)c3cccc4ccccc34)C3CCCCC3)n2)cc1. The van der Waals surface area contributed by atoms with Crippen LogP contribution in [0.2, 0.25) is 0 Å². The van der Waals surface area contributed by atoms with Crippen molar-refractivity contribution in [1.29, 1.82) is 0 Å². The van der Waals surface area contributed by atoms with Gasteiger partial charge in [-0.1, -0.05) is 90.6 Å². The molecule has 162 valence electrons. The number of carbonyl (C=O) groups is 1. The van der Waals surface area contributed by atoms with Gasteiger partial charge in [0.15, 0.2) is 0 Å². The first kappa shape index (κ1) is 20.4. The average molecular weight is 426 g/mol. The first-order chi connectivity index (χ1) is 15.7. The van der Waals surface area contributed by atoms with Gasteiger partial charge in [-0.2, -0.15) is 4.98 Å². The van der Waals surface area contributed by atoms with Gasteiger partial charge < -0.3 is 9.42 Å². The van der Waals surface area contributed by atoms with Crippen molar-refractivity contribution in [3.63, 3.8) is 0 Å². The van der Waals surface area contributed by atoms with Gasteiger partial charge in [-0.25, -0.2) is 0 Å². The minimum atomic E-state index is 0.0313. The molecule has 0 radical (unpaired) electrons. The van der Waals surface area contributed by atoms with Gasteiger partial charge in [-0.3, -0.25) is 4.79 Å². The number of benzene rings is 3. The highest BCUT2D eigenvalue weighted by atomic mass is 16.5. The first-order valence-electron chi connectivity index (χ1n) is 11.4. The summed E-state index contributed by atoms with van der Waals surface area (Å²) in [5.41, 5.74) is 2.82. The Labute approximate surface area is 188 Å². The molecule has 1 saturated carbocycles. The lowest BCUT2D eigenvalue weighted by molar-refractivity contribution is 0.0588. The number of aryl methyl sites for hydroxylation is 1. The largest absolute Gasteiger partial charge is 0.337 e. The Bertz CT molecular complexity index is 1220. The predicted molar refractivity (Wildman–Crippen MR) is 125 cm³/mol. The molecule has 1 aliphatic rings. The summed E-state index contributed by atoms with van der Waals surface area (Å²) in [6.07, 6.45) is 5.53. The monoisotopic (exact) mass is 425 g/mol. The van der Waals surface area contributed by atoms with E-state index in [2.05, 4.69) is 10.1 Å². The third-order valence-electron chi connectivity index (χ3n) is 6.38. The number of aromatic nitrogens is 2. The Morgan fingerprint density at radius 3 is 2.53 bits per heavy atom. The van der Waals surface area contributed by atoms with Crippen LogP contribution in [0.5, 0.6) is 0 Å². The fraction of sp³-hybridized carbons (Fsp3) is 0.296. The Balaban J connectivity index is 1.46. The Hall–Kier alpha value is -3.47. The van der Waals surface area contributed by atoms with Crippen LogP contribution in [0.4, 0.5) is 0 Å². The fourth-order valence-corrected chi connectivity index (χ4v) is 4.61. The molecule has 5 rings (SSSR count). The van der Waals surface area contributed by atoms with E-state index in [9.17, 15) is 4.79 Å². The molecule has 0 bridgehead atoms. The summed E-state index contributed by atoms with van der Waals surface area (Å²) in [5.74, 6) is 1.06. The number of hydrogen-bond donors (Lipinski definition) is 0. The normalized spacial score (nSPS) is 14.5. The second-order valence-electron chi connectivity index (χ2n) is 8.63. The molecule has 5 nitrogen and oxygen atoms in total. The summed E-state index contributed by atoms with van der Waals surface area (Å²) in [6.45, 7) is 2.37. The Kier molecular flexibility index (Phi) is 5.71. The molecule has 0 atom stereocenters. The molecule has 1 heterocycles. The van der Waals surface area contributed by atoms with Crippen LogP contribution in [0.25, 0.3) is 22.2 Å². The average Bonchev–Trinajstić information content (AvgIpc) is 3.31. The molecule has 0 spiro atoms. The second kappa shape index (κ2) is 8.95. The van der Waals surface area contributed by atoms with Crippen LogP contribution in [-0.4, -0.2) is 27.0 Å². The number of nitrogens with zero attached hydrogens (tertiary/aromatic N) is 3. The maximum Gasteiger partial charge on any atom is 0.255 e. The molecule has 1 aromatic heterocycles. The van der Waals surface area contributed by atoms with Crippen molar-refractivity contribution < 1.29 is 9.32 Å². The van der Waals surface area contributed by atoms with Gasteiger partial charge in [0.2, 0.25) is 11.7 Å². The van der Waals surface area contributed by atoms with Crippen LogP contribution in [0.15, 0.2) is 71.3 Å². The molecule has 1 fully saturated rings. The summed E-state index contributed by atoms with van der Waals surface area (Å²) in [7, 11) is 0. The molecule has 4 aromatic rings. The van der Waals surface area contributed by atoms with Crippen LogP contribution in [0, 0.1) is 6.92 Å². The molecule has 0 N–H and O–H groups in total. The van der Waals surface area contributed by atoms with Crippen LogP contribution in [0.3, 0.4) is 0 Å². The minimum absolute atomic E-state index is 0.0313. The van der Waals surface area contributed by atoms with Crippen LogP contribution in [-0.2, 0) is 6.54 Å². The highest BCUT2D eigenvalue weighted by Crippen LogP contribution is 2.28.